The van der Waals surface area contributed by atoms with Gasteiger partial charge in [0.2, 0.25) is 0 Å². The molecule has 0 saturated carbocycles. The first-order chi connectivity index (χ1) is 8.36. The van der Waals surface area contributed by atoms with Crippen LogP contribution in [0.15, 0.2) is 46.5 Å². The van der Waals surface area contributed by atoms with E-state index in [1.807, 2.05) is 34.0 Å². The zero-order valence-corrected chi connectivity index (χ0v) is 11.9. The molecule has 3 rings (SSSR count). The van der Waals surface area contributed by atoms with E-state index < -0.39 is 0 Å². The molecule has 0 spiro atoms. The van der Waals surface area contributed by atoms with Crippen LogP contribution in [0.3, 0.4) is 0 Å². The van der Waals surface area contributed by atoms with Crippen molar-refractivity contribution in [2.45, 2.75) is 12.8 Å². The average Bonchev–Trinajstić information content (AvgIpc) is 3.04. The maximum atomic E-state index is 2.24. The highest BCUT2D eigenvalue weighted by Crippen LogP contribution is 2.40. The van der Waals surface area contributed by atoms with E-state index in [0.29, 0.717) is 5.92 Å². The summed E-state index contributed by atoms with van der Waals surface area (Å²) in [5.41, 5.74) is 1.40. The third-order valence-corrected chi connectivity index (χ3v) is 5.78. The van der Waals surface area contributed by atoms with Crippen molar-refractivity contribution in [3.8, 4) is 0 Å². The van der Waals surface area contributed by atoms with Gasteiger partial charge in [-0.3, -0.25) is 0 Å². The van der Waals surface area contributed by atoms with E-state index >= 15 is 0 Å². The van der Waals surface area contributed by atoms with Gasteiger partial charge in [0.05, 0.1) is 5.92 Å². The van der Waals surface area contributed by atoms with Gasteiger partial charge in [0.1, 0.15) is 0 Å². The Hall–Kier alpha value is -0.900. The van der Waals surface area contributed by atoms with Crippen LogP contribution in [0.2, 0.25) is 0 Å². The first-order valence-corrected chi connectivity index (χ1v) is 8.11. The first kappa shape index (κ1) is 11.2. The van der Waals surface area contributed by atoms with Crippen molar-refractivity contribution in [1.29, 1.82) is 0 Å². The molecule has 0 aliphatic carbocycles. The normalized spacial score (nSPS) is 11.2. The van der Waals surface area contributed by atoms with Gasteiger partial charge in [-0.2, -0.15) is 0 Å². The minimum Gasteiger partial charge on any atom is -0.148 e. The third-order valence-electron chi connectivity index (χ3n) is 2.82. The van der Waals surface area contributed by atoms with Gasteiger partial charge in [0, 0.05) is 14.6 Å². The summed E-state index contributed by atoms with van der Waals surface area (Å²) in [6.45, 7) is 2.21. The molecule has 0 aliphatic rings. The smallest absolute Gasteiger partial charge is 0.0624 e. The largest absolute Gasteiger partial charge is 0.148 e. The first-order valence-electron chi connectivity index (χ1n) is 5.47. The summed E-state index contributed by atoms with van der Waals surface area (Å²) in [7, 11) is 0. The Balaban J connectivity index is 2.13. The summed E-state index contributed by atoms with van der Waals surface area (Å²) >= 11 is 5.57. The Morgan fingerprint density at radius 3 is 1.88 bits per heavy atom. The Morgan fingerprint density at radius 2 is 1.47 bits per heavy atom. The lowest BCUT2D eigenvalue weighted by atomic mass is 10.0. The fourth-order valence-corrected chi connectivity index (χ4v) is 4.98. The van der Waals surface area contributed by atoms with Crippen molar-refractivity contribution >= 4 is 34.0 Å². The average molecular weight is 276 g/mol. The summed E-state index contributed by atoms with van der Waals surface area (Å²) in [6.07, 6.45) is 0. The maximum absolute atomic E-state index is 2.24. The van der Waals surface area contributed by atoms with E-state index in [-0.39, 0.29) is 0 Å². The maximum Gasteiger partial charge on any atom is 0.0624 e. The van der Waals surface area contributed by atoms with Gasteiger partial charge < -0.3 is 0 Å². The van der Waals surface area contributed by atoms with Crippen LogP contribution in [0.25, 0.3) is 0 Å². The van der Waals surface area contributed by atoms with Crippen LogP contribution in [-0.2, 0) is 0 Å². The summed E-state index contributed by atoms with van der Waals surface area (Å²) in [4.78, 5) is 4.37. The second-order valence-electron chi connectivity index (χ2n) is 3.93. The molecule has 0 saturated heterocycles. The molecule has 17 heavy (non-hydrogen) atoms. The zero-order valence-electron chi connectivity index (χ0n) is 9.42. The van der Waals surface area contributed by atoms with Gasteiger partial charge in [-0.1, -0.05) is 12.1 Å². The number of aryl methyl sites for hydroxylation is 1. The molecular formula is C14H12S3. The molecule has 0 fully saturated rings. The Labute approximate surface area is 113 Å². The van der Waals surface area contributed by atoms with Crippen LogP contribution in [0.1, 0.15) is 26.1 Å². The summed E-state index contributed by atoms with van der Waals surface area (Å²) in [5.74, 6) is 0.440. The van der Waals surface area contributed by atoms with E-state index in [0.717, 1.165) is 0 Å². The summed E-state index contributed by atoms with van der Waals surface area (Å²) in [6, 6.07) is 11.0. The van der Waals surface area contributed by atoms with E-state index in [2.05, 4.69) is 53.4 Å². The fraction of sp³-hybridized carbons (Fsp3) is 0.143. The van der Waals surface area contributed by atoms with Crippen LogP contribution in [0.4, 0.5) is 0 Å². The van der Waals surface area contributed by atoms with Gasteiger partial charge in [-0.15, -0.1) is 34.0 Å². The van der Waals surface area contributed by atoms with Crippen LogP contribution in [0, 0.1) is 6.92 Å². The molecular weight excluding hydrogens is 264 g/mol. The van der Waals surface area contributed by atoms with Crippen molar-refractivity contribution in [3.05, 3.63) is 66.7 Å². The van der Waals surface area contributed by atoms with E-state index in [9.17, 15) is 0 Å². The molecule has 0 unspecified atom stereocenters. The number of hydrogen-bond acceptors (Lipinski definition) is 3. The fourth-order valence-electron chi connectivity index (χ4n) is 1.99. The highest BCUT2D eigenvalue weighted by molar-refractivity contribution is 7.13. The van der Waals surface area contributed by atoms with E-state index in [1.165, 1.54) is 20.2 Å². The van der Waals surface area contributed by atoms with E-state index in [1.54, 1.807) is 0 Å². The lowest BCUT2D eigenvalue weighted by molar-refractivity contribution is 1.05. The number of hydrogen-bond donors (Lipinski definition) is 0. The summed E-state index contributed by atoms with van der Waals surface area (Å²) in [5, 5.41) is 6.52. The third kappa shape index (κ3) is 2.10. The van der Waals surface area contributed by atoms with Crippen LogP contribution in [0.5, 0.6) is 0 Å². The molecule has 3 heterocycles. The molecule has 0 aliphatic heterocycles. The molecule has 86 valence electrons. The molecule has 0 atom stereocenters. The van der Waals surface area contributed by atoms with Crippen molar-refractivity contribution in [2.24, 2.45) is 0 Å². The molecule has 3 aromatic rings. The lowest BCUT2D eigenvalue weighted by Gasteiger charge is -2.13. The Kier molecular flexibility index (Phi) is 3.14. The predicted octanol–water partition coefficient (Wildman–Crippen LogP) is 5.36. The van der Waals surface area contributed by atoms with Crippen LogP contribution in [-0.4, -0.2) is 0 Å². The number of thiophene rings is 3. The monoisotopic (exact) mass is 276 g/mol. The van der Waals surface area contributed by atoms with Crippen molar-refractivity contribution in [3.63, 3.8) is 0 Å². The molecule has 0 nitrogen and oxygen atoms in total. The predicted molar refractivity (Wildman–Crippen MR) is 78.6 cm³/mol. The standard InChI is InChI=1S/C14H12S3/c1-10-6-9-17-14(10)13(11-4-2-7-15-11)12-5-3-8-16-12/h2-9,13H,1H3. The summed E-state index contributed by atoms with van der Waals surface area (Å²) < 4.78 is 0. The second kappa shape index (κ2) is 4.77. The molecule has 3 aromatic heterocycles. The SMILES string of the molecule is Cc1ccsc1C(c1cccs1)c1cccs1. The number of rotatable bonds is 3. The van der Waals surface area contributed by atoms with Crippen LogP contribution < -0.4 is 0 Å². The zero-order chi connectivity index (χ0) is 11.7. The molecule has 0 aromatic carbocycles. The van der Waals surface area contributed by atoms with Gasteiger partial charge in [0.25, 0.3) is 0 Å². The molecule has 0 amide bonds. The Morgan fingerprint density at radius 1 is 0.824 bits per heavy atom. The van der Waals surface area contributed by atoms with Gasteiger partial charge in [-0.25, -0.2) is 0 Å². The van der Waals surface area contributed by atoms with E-state index in [4.69, 9.17) is 0 Å². The molecule has 3 heteroatoms. The Bertz CT molecular complexity index is 539. The highest BCUT2D eigenvalue weighted by Gasteiger charge is 2.21. The topological polar surface area (TPSA) is 0 Å². The van der Waals surface area contributed by atoms with Gasteiger partial charge >= 0.3 is 0 Å². The van der Waals surface area contributed by atoms with Gasteiger partial charge in [0.15, 0.2) is 0 Å². The van der Waals surface area contributed by atoms with Crippen LogP contribution >= 0.6 is 34.0 Å². The quantitative estimate of drug-likeness (QED) is 0.604. The highest BCUT2D eigenvalue weighted by atomic mass is 32.1. The second-order valence-corrected chi connectivity index (χ2v) is 6.84. The van der Waals surface area contributed by atoms with Gasteiger partial charge in [-0.05, 0) is 46.8 Å². The molecule has 0 radical (unpaired) electrons. The van der Waals surface area contributed by atoms with Crippen molar-refractivity contribution in [1.82, 2.24) is 0 Å². The molecule has 0 bridgehead atoms. The lowest BCUT2D eigenvalue weighted by Crippen LogP contribution is -1.97. The minimum atomic E-state index is 0.440. The molecule has 0 N–H and O–H groups in total. The minimum absolute atomic E-state index is 0.440. The van der Waals surface area contributed by atoms with Crippen molar-refractivity contribution in [2.75, 3.05) is 0 Å². The van der Waals surface area contributed by atoms with Crippen molar-refractivity contribution < 1.29 is 0 Å².